The van der Waals surface area contributed by atoms with E-state index in [4.69, 9.17) is 4.94 Å². The Hall–Kier alpha value is -4.95. The van der Waals surface area contributed by atoms with E-state index in [-0.39, 0.29) is 39.8 Å². The summed E-state index contributed by atoms with van der Waals surface area (Å²) in [5.74, 6) is -1.14. The van der Waals surface area contributed by atoms with Crippen molar-refractivity contribution in [3.63, 3.8) is 0 Å². The number of nitrogens with one attached hydrogen (secondary N) is 4. The Labute approximate surface area is 237 Å². The summed E-state index contributed by atoms with van der Waals surface area (Å²) in [7, 11) is 0. The number of nitro benzene ring substituents is 1. The average Bonchev–Trinajstić information content (AvgIpc) is 3.55. The van der Waals surface area contributed by atoms with Gasteiger partial charge in [-0.1, -0.05) is 24.3 Å². The minimum atomic E-state index is -0.536. The number of unbranched alkanes of at least 4 members (excludes halogenated alkanes) is 1. The lowest BCUT2D eigenvalue weighted by atomic mass is 10.1. The van der Waals surface area contributed by atoms with Crippen molar-refractivity contribution >= 4 is 63.3 Å². The number of carbonyl (C=O) groups excluding carboxylic acids is 3. The van der Waals surface area contributed by atoms with Gasteiger partial charge in [-0.2, -0.15) is 4.94 Å². The van der Waals surface area contributed by atoms with Crippen molar-refractivity contribution in [2.75, 3.05) is 29.4 Å². The fraction of sp³-hybridized carbons (Fsp3) is 0.148. The summed E-state index contributed by atoms with van der Waals surface area (Å²) in [6.45, 7) is 0.509. The van der Waals surface area contributed by atoms with E-state index in [9.17, 15) is 28.9 Å². The van der Waals surface area contributed by atoms with E-state index in [1.54, 1.807) is 30.3 Å². The Bertz CT molecular complexity index is 1560. The summed E-state index contributed by atoms with van der Waals surface area (Å²) < 4.78 is 13.1. The largest absolute Gasteiger partial charge is 0.353 e. The SMILES string of the molecule is O=C(NCCCCN1C(=O)S/C(=C\c2ccc(F)cc2)C1=O)c1ccccc1Nc1ccc([N+](=O)[O-])c2c1NON2. The molecular formula is C27H23FN6O6S. The van der Waals surface area contributed by atoms with Crippen molar-refractivity contribution in [1.82, 2.24) is 10.2 Å². The number of para-hydroxylation sites is 1. The summed E-state index contributed by atoms with van der Waals surface area (Å²) in [4.78, 5) is 55.1. The lowest BCUT2D eigenvalue weighted by molar-refractivity contribution is -0.384. The molecule has 0 radical (unpaired) electrons. The Balaban J connectivity index is 1.14. The molecule has 3 aromatic carbocycles. The van der Waals surface area contributed by atoms with Crippen LogP contribution in [-0.4, -0.2) is 40.0 Å². The lowest BCUT2D eigenvalue weighted by Gasteiger charge is -2.15. The highest BCUT2D eigenvalue weighted by molar-refractivity contribution is 8.18. The van der Waals surface area contributed by atoms with Gasteiger partial charge in [0.25, 0.3) is 22.7 Å². The second kappa shape index (κ2) is 12.1. The van der Waals surface area contributed by atoms with Crippen LogP contribution in [0.4, 0.5) is 37.6 Å². The highest BCUT2D eigenvalue weighted by Gasteiger charge is 2.34. The van der Waals surface area contributed by atoms with Gasteiger partial charge >= 0.3 is 0 Å². The van der Waals surface area contributed by atoms with E-state index in [1.165, 1.54) is 36.4 Å². The van der Waals surface area contributed by atoms with E-state index in [0.29, 0.717) is 47.6 Å². The van der Waals surface area contributed by atoms with Crippen molar-refractivity contribution < 1.29 is 28.6 Å². The predicted molar refractivity (Wildman–Crippen MR) is 152 cm³/mol. The van der Waals surface area contributed by atoms with Gasteiger partial charge in [0.05, 0.1) is 26.8 Å². The molecule has 0 atom stereocenters. The normalized spacial score (nSPS) is 15.0. The van der Waals surface area contributed by atoms with Gasteiger partial charge in [-0.25, -0.2) is 15.4 Å². The van der Waals surface area contributed by atoms with Crippen LogP contribution in [0, 0.1) is 15.9 Å². The van der Waals surface area contributed by atoms with Crippen LogP contribution in [0.25, 0.3) is 6.08 Å². The molecule has 0 unspecified atom stereocenters. The predicted octanol–water partition coefficient (Wildman–Crippen LogP) is 5.41. The average molecular weight is 579 g/mol. The first-order chi connectivity index (χ1) is 19.8. The number of halogens is 1. The van der Waals surface area contributed by atoms with Gasteiger partial charge in [-0.05, 0) is 66.6 Å². The van der Waals surface area contributed by atoms with Gasteiger partial charge in [0.1, 0.15) is 11.5 Å². The van der Waals surface area contributed by atoms with Crippen LogP contribution in [0.5, 0.6) is 0 Å². The number of amides is 3. The van der Waals surface area contributed by atoms with Gasteiger partial charge in [-0.3, -0.25) is 29.4 Å². The van der Waals surface area contributed by atoms with Crippen LogP contribution in [0.1, 0.15) is 28.8 Å². The number of hydrogen-bond acceptors (Lipinski definition) is 10. The Morgan fingerprint density at radius 1 is 1.02 bits per heavy atom. The third-order valence-electron chi connectivity index (χ3n) is 6.26. The highest BCUT2D eigenvalue weighted by atomic mass is 32.2. The van der Waals surface area contributed by atoms with E-state index >= 15 is 0 Å². The molecule has 0 aliphatic carbocycles. The summed E-state index contributed by atoms with van der Waals surface area (Å²) in [6.07, 6.45) is 2.55. The van der Waals surface area contributed by atoms with E-state index < -0.39 is 10.8 Å². The number of hydrogen-bond donors (Lipinski definition) is 4. The second-order valence-corrected chi connectivity index (χ2v) is 9.96. The van der Waals surface area contributed by atoms with Crippen LogP contribution in [-0.2, 0) is 9.73 Å². The number of benzene rings is 3. The molecule has 0 spiro atoms. The number of nitrogens with zero attached hydrogens (tertiary/aromatic N) is 2. The standard InChI is InChI=1S/C27H23FN6O6S/c28-17-9-7-16(8-10-17)15-22-26(36)33(27(37)41-22)14-4-3-13-29-25(35)18-5-1-2-6-19(18)30-20-11-12-21(34(38)39)24-23(20)31-40-32-24/h1-2,5-12,15,30-32H,3-4,13-14H2,(H,29,35)/b22-15-. The highest BCUT2D eigenvalue weighted by Crippen LogP contribution is 2.42. The molecule has 14 heteroatoms. The van der Waals surface area contributed by atoms with Gasteiger partial charge in [0.2, 0.25) is 0 Å². The maximum absolute atomic E-state index is 13.1. The van der Waals surface area contributed by atoms with Crippen molar-refractivity contribution in [3.05, 3.63) is 92.6 Å². The Morgan fingerprint density at radius 3 is 2.56 bits per heavy atom. The van der Waals surface area contributed by atoms with Crippen molar-refractivity contribution in [2.45, 2.75) is 12.8 Å². The van der Waals surface area contributed by atoms with E-state index in [2.05, 4.69) is 21.6 Å². The number of anilines is 4. The van der Waals surface area contributed by atoms with E-state index in [1.807, 2.05) is 0 Å². The summed E-state index contributed by atoms with van der Waals surface area (Å²) in [5.41, 5.74) is 7.26. The smallest absolute Gasteiger partial charge is 0.297 e. The summed E-state index contributed by atoms with van der Waals surface area (Å²) in [5, 5.41) is 16.9. The molecule has 41 heavy (non-hydrogen) atoms. The van der Waals surface area contributed by atoms with Gasteiger partial charge in [0.15, 0.2) is 5.69 Å². The molecule has 2 aliphatic rings. The molecule has 1 fully saturated rings. The van der Waals surface area contributed by atoms with Crippen molar-refractivity contribution in [3.8, 4) is 0 Å². The van der Waals surface area contributed by atoms with Crippen LogP contribution in [0.2, 0.25) is 0 Å². The molecule has 0 saturated carbocycles. The molecule has 1 saturated heterocycles. The zero-order chi connectivity index (χ0) is 28.9. The number of fused-ring (bicyclic) bond motifs is 1. The topological polar surface area (TPSA) is 155 Å². The quantitative estimate of drug-likeness (QED) is 0.106. The van der Waals surface area contributed by atoms with Crippen molar-refractivity contribution in [2.24, 2.45) is 0 Å². The lowest BCUT2D eigenvalue weighted by Crippen LogP contribution is -2.30. The molecule has 3 aromatic rings. The first kappa shape index (κ1) is 27.6. The molecule has 5 rings (SSSR count). The molecule has 12 nitrogen and oxygen atoms in total. The van der Waals surface area contributed by atoms with Crippen molar-refractivity contribution in [1.29, 1.82) is 0 Å². The van der Waals surface area contributed by atoms with Crippen LogP contribution < -0.4 is 21.6 Å². The maximum atomic E-state index is 13.1. The summed E-state index contributed by atoms with van der Waals surface area (Å²) >= 11 is 0.837. The van der Waals surface area contributed by atoms with Crippen LogP contribution >= 0.6 is 11.8 Å². The van der Waals surface area contributed by atoms with Gasteiger partial charge < -0.3 is 10.6 Å². The second-order valence-electron chi connectivity index (χ2n) is 8.96. The first-order valence-corrected chi connectivity index (χ1v) is 13.3. The Morgan fingerprint density at radius 2 is 1.78 bits per heavy atom. The number of imide groups is 1. The number of carbonyl (C=O) groups is 3. The molecular weight excluding hydrogens is 555 g/mol. The minimum absolute atomic E-state index is 0.161. The number of thioether (sulfide) groups is 1. The minimum Gasteiger partial charge on any atom is -0.353 e. The van der Waals surface area contributed by atoms with Gasteiger partial charge in [0, 0.05) is 19.2 Å². The number of rotatable bonds is 10. The van der Waals surface area contributed by atoms with Crippen LogP contribution in [0.15, 0.2) is 65.6 Å². The fourth-order valence-corrected chi connectivity index (χ4v) is 5.08. The zero-order valence-electron chi connectivity index (χ0n) is 21.3. The monoisotopic (exact) mass is 578 g/mol. The molecule has 3 amide bonds. The first-order valence-electron chi connectivity index (χ1n) is 12.5. The third-order valence-corrected chi connectivity index (χ3v) is 7.17. The maximum Gasteiger partial charge on any atom is 0.297 e. The Kier molecular flexibility index (Phi) is 8.12. The molecule has 0 bridgehead atoms. The van der Waals surface area contributed by atoms with Gasteiger partial charge in [-0.15, -0.1) is 0 Å². The third kappa shape index (κ3) is 6.13. The van der Waals surface area contributed by atoms with Crippen LogP contribution in [0.3, 0.4) is 0 Å². The summed E-state index contributed by atoms with van der Waals surface area (Å²) in [6, 6.07) is 15.2. The molecule has 2 aliphatic heterocycles. The van der Waals surface area contributed by atoms with E-state index in [0.717, 1.165) is 16.7 Å². The molecule has 2 heterocycles. The molecule has 210 valence electrons. The fourth-order valence-electron chi connectivity index (χ4n) is 4.22. The zero-order valence-corrected chi connectivity index (χ0v) is 22.1. The molecule has 0 aromatic heterocycles. The number of nitro groups is 1. The molecule has 4 N–H and O–H groups in total.